The van der Waals surface area contributed by atoms with E-state index < -0.39 is 0 Å². The second-order valence-electron chi connectivity index (χ2n) is 7.13. The molecule has 144 valence electrons. The first-order valence-electron chi connectivity index (χ1n) is 9.57. The Labute approximate surface area is 161 Å². The Morgan fingerprint density at radius 2 is 1.74 bits per heavy atom. The van der Waals surface area contributed by atoms with Crippen LogP contribution < -0.4 is 15.1 Å². The molecule has 6 nitrogen and oxygen atoms in total. The SMILES string of the molecule is CN(C)CCCNC(=O)c1ccc(N2CCN(c3ccccc3)CC2)nc1. The quantitative estimate of drug-likeness (QED) is 0.760. The summed E-state index contributed by atoms with van der Waals surface area (Å²) in [6.07, 6.45) is 2.62. The number of anilines is 2. The van der Waals surface area contributed by atoms with Crippen LogP contribution in [0.2, 0.25) is 0 Å². The van der Waals surface area contributed by atoms with Crippen molar-refractivity contribution in [3.8, 4) is 0 Å². The van der Waals surface area contributed by atoms with Crippen molar-refractivity contribution >= 4 is 17.4 Å². The smallest absolute Gasteiger partial charge is 0.252 e. The van der Waals surface area contributed by atoms with Crippen molar-refractivity contribution < 1.29 is 4.79 Å². The van der Waals surface area contributed by atoms with Crippen LogP contribution in [0.4, 0.5) is 11.5 Å². The minimum absolute atomic E-state index is 0.0540. The van der Waals surface area contributed by atoms with Crippen LogP contribution >= 0.6 is 0 Å². The fourth-order valence-electron chi connectivity index (χ4n) is 3.24. The lowest BCUT2D eigenvalue weighted by Gasteiger charge is -2.36. The Balaban J connectivity index is 1.48. The Morgan fingerprint density at radius 1 is 1.04 bits per heavy atom. The van der Waals surface area contributed by atoms with Gasteiger partial charge in [0.2, 0.25) is 0 Å². The molecule has 0 atom stereocenters. The molecule has 0 unspecified atom stereocenters. The summed E-state index contributed by atoms with van der Waals surface area (Å²) in [6.45, 7) is 5.45. The van der Waals surface area contributed by atoms with Gasteiger partial charge in [-0.1, -0.05) is 18.2 Å². The number of aromatic nitrogens is 1. The largest absolute Gasteiger partial charge is 0.368 e. The molecule has 0 aliphatic carbocycles. The summed E-state index contributed by atoms with van der Waals surface area (Å²) in [7, 11) is 4.06. The van der Waals surface area contributed by atoms with E-state index in [1.807, 2.05) is 32.3 Å². The number of para-hydroxylation sites is 1. The van der Waals surface area contributed by atoms with Crippen molar-refractivity contribution in [2.45, 2.75) is 6.42 Å². The third-order valence-corrected chi connectivity index (χ3v) is 4.80. The number of amides is 1. The van der Waals surface area contributed by atoms with Crippen molar-refractivity contribution in [3.63, 3.8) is 0 Å². The van der Waals surface area contributed by atoms with Gasteiger partial charge in [-0.2, -0.15) is 0 Å². The molecule has 0 bridgehead atoms. The van der Waals surface area contributed by atoms with Gasteiger partial charge in [0.25, 0.3) is 5.91 Å². The van der Waals surface area contributed by atoms with Crippen molar-refractivity contribution in [1.29, 1.82) is 0 Å². The van der Waals surface area contributed by atoms with Crippen LogP contribution in [0.1, 0.15) is 16.8 Å². The van der Waals surface area contributed by atoms with E-state index in [2.05, 4.69) is 49.3 Å². The Kier molecular flexibility index (Phi) is 6.65. The Hall–Kier alpha value is -2.60. The number of nitrogens with one attached hydrogen (secondary N) is 1. The summed E-state index contributed by atoms with van der Waals surface area (Å²) in [5.74, 6) is 0.883. The third-order valence-electron chi connectivity index (χ3n) is 4.80. The molecule has 1 fully saturated rings. The van der Waals surface area contributed by atoms with Gasteiger partial charge in [0, 0.05) is 44.6 Å². The predicted octanol–water partition coefficient (Wildman–Crippen LogP) is 2.09. The predicted molar refractivity (Wildman–Crippen MR) is 111 cm³/mol. The molecule has 0 radical (unpaired) electrons. The number of piperazine rings is 1. The highest BCUT2D eigenvalue weighted by Gasteiger charge is 2.18. The lowest BCUT2D eigenvalue weighted by atomic mass is 10.2. The number of pyridine rings is 1. The molecule has 0 saturated carbocycles. The molecule has 1 aromatic carbocycles. The van der Waals surface area contributed by atoms with Gasteiger partial charge in [-0.15, -0.1) is 0 Å². The molecular formula is C21H29N5O. The number of hydrogen-bond donors (Lipinski definition) is 1. The van der Waals surface area contributed by atoms with E-state index >= 15 is 0 Å². The van der Waals surface area contributed by atoms with E-state index in [0.717, 1.165) is 45.0 Å². The standard InChI is InChI=1S/C21H29N5O/c1-24(2)12-6-11-22-21(27)18-9-10-20(23-17-18)26-15-13-25(14-16-26)19-7-4-3-5-8-19/h3-5,7-10,17H,6,11-16H2,1-2H3,(H,22,27). The molecule has 2 heterocycles. The van der Waals surface area contributed by atoms with Crippen LogP contribution in [0.15, 0.2) is 48.7 Å². The molecule has 2 aromatic rings. The molecule has 0 spiro atoms. The Morgan fingerprint density at radius 3 is 2.37 bits per heavy atom. The molecule has 1 N–H and O–H groups in total. The maximum Gasteiger partial charge on any atom is 0.252 e. The van der Waals surface area contributed by atoms with Gasteiger partial charge in [0.15, 0.2) is 0 Å². The van der Waals surface area contributed by atoms with Gasteiger partial charge >= 0.3 is 0 Å². The molecule has 1 saturated heterocycles. The molecule has 1 aromatic heterocycles. The Bertz CT molecular complexity index is 709. The highest BCUT2D eigenvalue weighted by Crippen LogP contribution is 2.19. The summed E-state index contributed by atoms with van der Waals surface area (Å²) in [5.41, 5.74) is 1.89. The molecule has 27 heavy (non-hydrogen) atoms. The van der Waals surface area contributed by atoms with Crippen LogP contribution in [0.3, 0.4) is 0 Å². The molecule has 1 aliphatic rings. The maximum atomic E-state index is 12.2. The zero-order chi connectivity index (χ0) is 19.1. The minimum atomic E-state index is -0.0540. The van der Waals surface area contributed by atoms with E-state index in [4.69, 9.17) is 0 Å². The summed E-state index contributed by atoms with van der Waals surface area (Å²) >= 11 is 0. The van der Waals surface area contributed by atoms with Crippen molar-refractivity contribution in [2.24, 2.45) is 0 Å². The fourth-order valence-corrected chi connectivity index (χ4v) is 3.24. The second kappa shape index (κ2) is 9.37. The second-order valence-corrected chi connectivity index (χ2v) is 7.13. The summed E-state index contributed by atoms with van der Waals surface area (Å²) in [6, 6.07) is 14.3. The minimum Gasteiger partial charge on any atom is -0.368 e. The number of hydrogen-bond acceptors (Lipinski definition) is 5. The van der Waals surface area contributed by atoms with Crippen molar-refractivity contribution in [2.75, 3.05) is 63.2 Å². The normalized spacial score (nSPS) is 14.5. The molecule has 3 rings (SSSR count). The highest BCUT2D eigenvalue weighted by atomic mass is 16.1. The first-order valence-corrected chi connectivity index (χ1v) is 9.57. The number of carbonyl (C=O) groups excluding carboxylic acids is 1. The van der Waals surface area contributed by atoms with Gasteiger partial charge in [-0.05, 0) is 51.3 Å². The summed E-state index contributed by atoms with van der Waals surface area (Å²) in [4.78, 5) is 23.5. The van der Waals surface area contributed by atoms with Crippen molar-refractivity contribution in [1.82, 2.24) is 15.2 Å². The first kappa shape index (κ1) is 19.2. The number of rotatable bonds is 7. The number of nitrogens with zero attached hydrogens (tertiary/aromatic N) is 4. The average Bonchev–Trinajstić information content (AvgIpc) is 2.72. The third kappa shape index (κ3) is 5.44. The zero-order valence-electron chi connectivity index (χ0n) is 16.3. The van der Waals surface area contributed by atoms with Gasteiger partial charge < -0.3 is 20.0 Å². The van der Waals surface area contributed by atoms with E-state index in [1.54, 1.807) is 6.20 Å². The van der Waals surface area contributed by atoms with Gasteiger partial charge in [0.05, 0.1) is 5.56 Å². The van der Waals surface area contributed by atoms with E-state index in [9.17, 15) is 4.79 Å². The number of benzene rings is 1. The lowest BCUT2D eigenvalue weighted by molar-refractivity contribution is 0.0952. The molecular weight excluding hydrogens is 338 g/mol. The van der Waals surface area contributed by atoms with E-state index in [0.29, 0.717) is 12.1 Å². The monoisotopic (exact) mass is 367 g/mol. The fraction of sp³-hybridized carbons (Fsp3) is 0.429. The molecule has 1 amide bonds. The molecule has 1 aliphatic heterocycles. The van der Waals surface area contributed by atoms with Gasteiger partial charge in [0.1, 0.15) is 5.82 Å². The average molecular weight is 367 g/mol. The van der Waals surface area contributed by atoms with Gasteiger partial charge in [-0.3, -0.25) is 4.79 Å². The maximum absolute atomic E-state index is 12.2. The van der Waals surface area contributed by atoms with Gasteiger partial charge in [-0.25, -0.2) is 4.98 Å². The van der Waals surface area contributed by atoms with E-state index in [-0.39, 0.29) is 5.91 Å². The van der Waals surface area contributed by atoms with Crippen LogP contribution in [-0.4, -0.2) is 69.2 Å². The molecule has 6 heteroatoms. The topological polar surface area (TPSA) is 51.7 Å². The lowest BCUT2D eigenvalue weighted by Crippen LogP contribution is -2.46. The zero-order valence-corrected chi connectivity index (χ0v) is 16.3. The van der Waals surface area contributed by atoms with Crippen LogP contribution in [0.5, 0.6) is 0 Å². The van der Waals surface area contributed by atoms with Crippen molar-refractivity contribution in [3.05, 3.63) is 54.2 Å². The highest BCUT2D eigenvalue weighted by molar-refractivity contribution is 5.94. The number of carbonyl (C=O) groups is 1. The first-order chi connectivity index (χ1) is 13.1. The summed E-state index contributed by atoms with van der Waals surface area (Å²) < 4.78 is 0. The van der Waals surface area contributed by atoms with Crippen LogP contribution in [0.25, 0.3) is 0 Å². The van der Waals surface area contributed by atoms with Crippen LogP contribution in [-0.2, 0) is 0 Å². The van der Waals surface area contributed by atoms with E-state index in [1.165, 1.54) is 5.69 Å². The summed E-state index contributed by atoms with van der Waals surface area (Å²) in [5, 5.41) is 2.95. The van der Waals surface area contributed by atoms with Crippen LogP contribution in [0, 0.1) is 0 Å².